The zero-order valence-electron chi connectivity index (χ0n) is 24.3. The van der Waals surface area contributed by atoms with Crippen LogP contribution >= 0.6 is 0 Å². The molecule has 0 aliphatic heterocycles. The van der Waals surface area contributed by atoms with E-state index in [1.54, 1.807) is 41.5 Å². The smallest absolute Gasteiger partial charge is 0.408 e. The fourth-order valence-electron chi connectivity index (χ4n) is 4.28. The number of hydrogen-bond acceptors (Lipinski definition) is 5. The van der Waals surface area contributed by atoms with Crippen LogP contribution in [0, 0.1) is 13.8 Å². The lowest BCUT2D eigenvalue weighted by Gasteiger charge is -2.43. The highest BCUT2D eigenvalue weighted by Crippen LogP contribution is 2.32. The number of nitrogens with one attached hydrogen (secondary N) is 2. The van der Waals surface area contributed by atoms with Crippen molar-refractivity contribution in [1.82, 2.24) is 15.5 Å². The topological polar surface area (TPSA) is 131 Å². The van der Waals surface area contributed by atoms with Gasteiger partial charge in [0.25, 0.3) is 0 Å². The van der Waals surface area contributed by atoms with Crippen LogP contribution in [0.4, 0.5) is 4.79 Å². The van der Waals surface area contributed by atoms with Gasteiger partial charge in [-0.2, -0.15) is 0 Å². The molecule has 0 fully saturated rings. The average molecular weight is 539 g/mol. The molecule has 0 bridgehead atoms. The molecule has 2 aromatic carbocycles. The van der Waals surface area contributed by atoms with E-state index < -0.39 is 53.5 Å². The maximum atomic E-state index is 14.2. The second kappa shape index (κ2) is 12.8. The summed E-state index contributed by atoms with van der Waals surface area (Å²) >= 11 is 0. The van der Waals surface area contributed by atoms with Gasteiger partial charge in [-0.15, -0.1) is 0 Å². The third kappa shape index (κ3) is 9.42. The van der Waals surface area contributed by atoms with Gasteiger partial charge in [0.05, 0.1) is 6.42 Å². The molecule has 0 saturated carbocycles. The summed E-state index contributed by atoms with van der Waals surface area (Å²) in [7, 11) is 0. The molecule has 2 rings (SSSR count). The standard InChI is InChI=1S/C30H42N4O5/c1-19-14-15-22(20(2)16-19)25(26(36)32-18-21-12-10-9-11-13-21)34(29(3,4)5)27(37)23(17-24(31)35)33-28(38)39-30(6,7)8/h9-16,23,25H,17-18H2,1-8H3,(H2,31,35)(H,32,36)(H,33,38). The summed E-state index contributed by atoms with van der Waals surface area (Å²) in [5, 5.41) is 5.46. The number of amides is 4. The Morgan fingerprint density at radius 1 is 0.949 bits per heavy atom. The van der Waals surface area contributed by atoms with Crippen LogP contribution in [0.5, 0.6) is 0 Å². The van der Waals surface area contributed by atoms with Crippen molar-refractivity contribution in [2.24, 2.45) is 5.73 Å². The van der Waals surface area contributed by atoms with E-state index in [2.05, 4.69) is 10.6 Å². The number of hydrogen-bond donors (Lipinski definition) is 3. The molecule has 39 heavy (non-hydrogen) atoms. The van der Waals surface area contributed by atoms with Crippen molar-refractivity contribution in [3.8, 4) is 0 Å². The number of nitrogens with two attached hydrogens (primary N) is 1. The van der Waals surface area contributed by atoms with Gasteiger partial charge in [0, 0.05) is 12.1 Å². The predicted molar refractivity (Wildman–Crippen MR) is 151 cm³/mol. The van der Waals surface area contributed by atoms with E-state index in [4.69, 9.17) is 10.5 Å². The minimum absolute atomic E-state index is 0.258. The molecule has 2 aromatic rings. The molecule has 0 spiro atoms. The van der Waals surface area contributed by atoms with E-state index >= 15 is 0 Å². The number of ether oxygens (including phenoxy) is 1. The molecule has 0 aliphatic rings. The van der Waals surface area contributed by atoms with Crippen molar-refractivity contribution >= 4 is 23.8 Å². The molecule has 0 radical (unpaired) electrons. The zero-order valence-corrected chi connectivity index (χ0v) is 24.3. The van der Waals surface area contributed by atoms with Gasteiger partial charge in [0.1, 0.15) is 17.7 Å². The Morgan fingerprint density at radius 2 is 1.56 bits per heavy atom. The molecular weight excluding hydrogens is 496 g/mol. The van der Waals surface area contributed by atoms with Crippen LogP contribution < -0.4 is 16.4 Å². The Bertz CT molecular complexity index is 1180. The van der Waals surface area contributed by atoms with Gasteiger partial charge in [-0.3, -0.25) is 14.4 Å². The van der Waals surface area contributed by atoms with E-state index in [1.165, 1.54) is 4.90 Å². The van der Waals surface area contributed by atoms with Crippen molar-refractivity contribution < 1.29 is 23.9 Å². The molecule has 212 valence electrons. The van der Waals surface area contributed by atoms with Crippen LogP contribution in [0.2, 0.25) is 0 Å². The van der Waals surface area contributed by atoms with Gasteiger partial charge >= 0.3 is 6.09 Å². The largest absolute Gasteiger partial charge is 0.444 e. The third-order valence-electron chi connectivity index (χ3n) is 5.89. The number of carbonyl (C=O) groups excluding carboxylic acids is 4. The van der Waals surface area contributed by atoms with Gasteiger partial charge in [-0.05, 0) is 72.1 Å². The molecule has 4 amide bonds. The van der Waals surface area contributed by atoms with Crippen LogP contribution in [0.25, 0.3) is 0 Å². The summed E-state index contributed by atoms with van der Waals surface area (Å²) in [4.78, 5) is 54.0. The summed E-state index contributed by atoms with van der Waals surface area (Å²) in [6.45, 7) is 14.5. The zero-order chi connectivity index (χ0) is 29.5. The molecule has 0 heterocycles. The number of carbonyl (C=O) groups is 4. The average Bonchev–Trinajstić information content (AvgIpc) is 2.79. The van der Waals surface area contributed by atoms with Crippen LogP contribution in [-0.2, 0) is 25.7 Å². The van der Waals surface area contributed by atoms with E-state index in [0.717, 1.165) is 16.7 Å². The molecule has 0 saturated heterocycles. The minimum Gasteiger partial charge on any atom is -0.444 e. The Balaban J connectivity index is 2.57. The number of benzene rings is 2. The first-order chi connectivity index (χ1) is 18.0. The van der Waals surface area contributed by atoms with E-state index in [1.807, 2.05) is 62.4 Å². The molecule has 2 unspecified atom stereocenters. The van der Waals surface area contributed by atoms with Gasteiger partial charge in [-0.25, -0.2) is 4.79 Å². The van der Waals surface area contributed by atoms with Gasteiger partial charge in [0.2, 0.25) is 17.7 Å². The van der Waals surface area contributed by atoms with Crippen LogP contribution in [0.3, 0.4) is 0 Å². The van der Waals surface area contributed by atoms with Gasteiger partial charge in [0.15, 0.2) is 0 Å². The number of primary amides is 1. The van der Waals surface area contributed by atoms with E-state index in [9.17, 15) is 19.2 Å². The van der Waals surface area contributed by atoms with Gasteiger partial charge in [-0.1, -0.05) is 54.1 Å². The first-order valence-corrected chi connectivity index (χ1v) is 13.0. The maximum absolute atomic E-state index is 14.2. The summed E-state index contributed by atoms with van der Waals surface area (Å²) in [6, 6.07) is 12.7. The lowest BCUT2D eigenvalue weighted by molar-refractivity contribution is -0.149. The summed E-state index contributed by atoms with van der Waals surface area (Å²) in [5.41, 5.74) is 7.10. The fourth-order valence-corrected chi connectivity index (χ4v) is 4.28. The lowest BCUT2D eigenvalue weighted by Crippen LogP contribution is -2.59. The Morgan fingerprint density at radius 3 is 2.08 bits per heavy atom. The lowest BCUT2D eigenvalue weighted by atomic mass is 9.92. The minimum atomic E-state index is -1.34. The van der Waals surface area contributed by atoms with E-state index in [-0.39, 0.29) is 6.54 Å². The van der Waals surface area contributed by atoms with Crippen LogP contribution in [0.1, 0.15) is 76.3 Å². The second-order valence-corrected chi connectivity index (χ2v) is 11.7. The molecular formula is C30H42N4O5. The quantitative estimate of drug-likeness (QED) is 0.443. The van der Waals surface area contributed by atoms with Gasteiger partial charge < -0.3 is 26.0 Å². The highest BCUT2D eigenvalue weighted by molar-refractivity contribution is 5.95. The fraction of sp³-hybridized carbons (Fsp3) is 0.467. The van der Waals surface area contributed by atoms with Crippen LogP contribution in [-0.4, -0.2) is 45.9 Å². The number of nitrogens with zero attached hydrogens (tertiary/aromatic N) is 1. The normalized spacial score (nSPS) is 13.1. The highest BCUT2D eigenvalue weighted by Gasteiger charge is 2.42. The Labute approximate surface area is 231 Å². The maximum Gasteiger partial charge on any atom is 0.408 e. The monoisotopic (exact) mass is 538 g/mol. The molecule has 9 nitrogen and oxygen atoms in total. The number of alkyl carbamates (subject to hydrolysis) is 1. The SMILES string of the molecule is Cc1ccc(C(C(=O)NCc2ccccc2)N(C(=O)C(CC(N)=O)NC(=O)OC(C)(C)C)C(C)(C)C)c(C)c1. The van der Waals surface area contributed by atoms with Crippen molar-refractivity contribution in [2.75, 3.05) is 0 Å². The Kier molecular flexibility index (Phi) is 10.3. The van der Waals surface area contributed by atoms with Crippen LogP contribution in [0.15, 0.2) is 48.5 Å². The number of aryl methyl sites for hydroxylation is 2. The van der Waals surface area contributed by atoms with Crippen molar-refractivity contribution in [3.05, 3.63) is 70.8 Å². The highest BCUT2D eigenvalue weighted by atomic mass is 16.6. The summed E-state index contributed by atoms with van der Waals surface area (Å²) in [5.74, 6) is -1.81. The van der Waals surface area contributed by atoms with E-state index in [0.29, 0.717) is 5.56 Å². The summed E-state index contributed by atoms with van der Waals surface area (Å²) < 4.78 is 5.33. The molecule has 4 N–H and O–H groups in total. The predicted octanol–water partition coefficient (Wildman–Crippen LogP) is 4.06. The first kappa shape index (κ1) is 31.3. The number of rotatable bonds is 9. The Hall–Kier alpha value is -3.88. The molecule has 0 aliphatic carbocycles. The summed E-state index contributed by atoms with van der Waals surface area (Å²) in [6.07, 6.45) is -1.33. The first-order valence-electron chi connectivity index (χ1n) is 13.0. The molecule has 9 heteroatoms. The molecule has 0 aromatic heterocycles. The van der Waals surface area contributed by atoms with Crippen molar-refractivity contribution in [1.29, 1.82) is 0 Å². The third-order valence-corrected chi connectivity index (χ3v) is 5.89. The van der Waals surface area contributed by atoms with Crippen molar-refractivity contribution in [3.63, 3.8) is 0 Å². The second-order valence-electron chi connectivity index (χ2n) is 11.7. The van der Waals surface area contributed by atoms with Crippen molar-refractivity contribution in [2.45, 2.75) is 91.6 Å². The molecule has 2 atom stereocenters.